The molecule has 0 bridgehead atoms. The minimum absolute atomic E-state index is 0.158. The maximum atomic E-state index is 7.65. The topological polar surface area (TPSA) is 105 Å². The number of thioether (sulfide) groups is 2. The maximum Gasteiger partial charge on any atom is 0.187 e. The Hall–Kier alpha value is -5.49. The first-order valence-corrected chi connectivity index (χ1v) is 28.4. The number of hydrogen-bond donors (Lipinski definition) is 0. The van der Waals surface area contributed by atoms with Crippen LogP contribution < -0.4 is 0 Å². The van der Waals surface area contributed by atoms with Gasteiger partial charge in [0.2, 0.25) is 0 Å². The van der Waals surface area contributed by atoms with E-state index in [0.717, 1.165) is 55.6 Å². The quantitative estimate of drug-likeness (QED) is 0.0516. The molecule has 2 saturated heterocycles. The van der Waals surface area contributed by atoms with E-state index in [2.05, 4.69) is 72.8 Å². The van der Waals surface area contributed by atoms with Crippen LogP contribution in [0.2, 0.25) is 0 Å². The molecule has 0 aromatic heterocycles. The van der Waals surface area contributed by atoms with Gasteiger partial charge < -0.3 is 47.4 Å². The fraction of sp³-hybridized carbons (Fsp3) is 0.328. The van der Waals surface area contributed by atoms with Gasteiger partial charge in [0.25, 0.3) is 0 Å². The van der Waals surface area contributed by atoms with Gasteiger partial charge in [0.05, 0.1) is 66.0 Å². The molecule has 10 atom stereocenters. The molecule has 0 saturated carbocycles. The van der Waals surface area contributed by atoms with Gasteiger partial charge in [0.1, 0.15) is 58.6 Å². The van der Waals surface area contributed by atoms with Crippen molar-refractivity contribution in [2.45, 2.75) is 107 Å². The van der Waals surface area contributed by atoms with Crippen molar-refractivity contribution >= 4 is 27.9 Å². The summed E-state index contributed by atoms with van der Waals surface area (Å²) in [6, 6.07) is 71.0. The third-order valence-corrected chi connectivity index (χ3v) is 15.8. The highest BCUT2D eigenvalue weighted by molar-refractivity contribution is 8.39. The molecule has 0 radical (unpaired) electrons. The van der Waals surface area contributed by atoms with Crippen LogP contribution in [0, 0.1) is 0 Å². The van der Waals surface area contributed by atoms with Crippen LogP contribution in [0.25, 0.3) is 0 Å². The van der Waals surface area contributed by atoms with Crippen molar-refractivity contribution in [2.24, 2.45) is 4.99 Å². The van der Waals surface area contributed by atoms with Crippen molar-refractivity contribution in [2.75, 3.05) is 25.5 Å². The van der Waals surface area contributed by atoms with E-state index in [9.17, 15) is 0 Å². The van der Waals surface area contributed by atoms with Crippen LogP contribution in [-0.2, 0) is 93.6 Å². The Morgan fingerprint density at radius 3 is 1.10 bits per heavy atom. The smallest absolute Gasteiger partial charge is 0.187 e. The van der Waals surface area contributed by atoms with Gasteiger partial charge in [-0.25, -0.2) is 0 Å². The Balaban J connectivity index is 1.05. The van der Waals surface area contributed by atoms with Gasteiger partial charge in [-0.15, -0.1) is 0 Å². The Morgan fingerprint density at radius 1 is 0.377 bits per heavy atom. The highest BCUT2D eigenvalue weighted by Crippen LogP contribution is 2.41. The molecule has 3 aliphatic rings. The number of rotatable bonds is 26. The molecule has 0 spiro atoms. The van der Waals surface area contributed by atoms with Gasteiger partial charge in [-0.3, -0.25) is 4.99 Å². The highest BCUT2D eigenvalue weighted by Gasteiger charge is 2.55. The summed E-state index contributed by atoms with van der Waals surface area (Å²) in [5.41, 5.74) is 6.50. The van der Waals surface area contributed by atoms with Crippen molar-refractivity contribution in [1.82, 2.24) is 0 Å². The summed E-state index contributed by atoms with van der Waals surface area (Å²) in [5.74, 6) is 0.900. The maximum absolute atomic E-state index is 7.65. The molecule has 11 nitrogen and oxygen atoms in total. The van der Waals surface area contributed by atoms with Crippen LogP contribution in [0.15, 0.2) is 217 Å². The van der Waals surface area contributed by atoms with Crippen molar-refractivity contribution in [3.05, 3.63) is 251 Å². The second-order valence-corrected chi connectivity index (χ2v) is 21.5. The summed E-state index contributed by atoms with van der Waals surface area (Å²) in [5, 5.41) is 0. The molecular weight excluding hydrogens is 1010 g/mol. The van der Waals surface area contributed by atoms with E-state index in [1.165, 1.54) is 0 Å². The zero-order valence-electron chi connectivity index (χ0n) is 43.1. The summed E-state index contributed by atoms with van der Waals surface area (Å²) in [7, 11) is 0. The molecule has 10 rings (SSSR count). The number of benzene rings is 7. The van der Waals surface area contributed by atoms with Crippen LogP contribution in [0.4, 0.5) is 0 Å². The predicted molar refractivity (Wildman–Crippen MR) is 302 cm³/mol. The molecule has 0 unspecified atom stereocenters. The van der Waals surface area contributed by atoms with Crippen LogP contribution >= 0.6 is 23.5 Å². The van der Waals surface area contributed by atoms with Crippen molar-refractivity contribution in [3.63, 3.8) is 0 Å². The van der Waals surface area contributed by atoms with Crippen LogP contribution in [0.5, 0.6) is 0 Å². The number of aliphatic imine (C=N–C) groups is 1. The standard InChI is InChI=1S/C64H67NO10S2/c1-8-22-47(23-9-1)38-66-45-54-56(68-40-49-26-12-3-13-27-49)58(69-41-50-28-14-4-15-29-50)60(71-43-52-32-18-6-19-33-52)62(73-54)75-57-55(46-67-39-48-24-10-2-11-25-48)74-63(77-64-65-36-37-76-64)61(72-44-53-34-20-7-21-35-53)59(57)70-42-51-30-16-5-17-31-51/h1-35,54-63H,36-46H2/t54-,55-,56-,57-,58+,59+,60-,61-,62+,63+/m1/s1. The van der Waals surface area contributed by atoms with Crippen molar-refractivity contribution < 1.29 is 47.4 Å². The fourth-order valence-corrected chi connectivity index (χ4v) is 11.8. The van der Waals surface area contributed by atoms with Gasteiger partial charge in [-0.1, -0.05) is 236 Å². The molecule has 13 heteroatoms. The Labute approximate surface area is 461 Å². The first-order chi connectivity index (χ1) is 38.2. The van der Waals surface area contributed by atoms with Crippen LogP contribution in [0.3, 0.4) is 0 Å². The number of hydrogen-bond acceptors (Lipinski definition) is 13. The second-order valence-electron chi connectivity index (χ2n) is 19.1. The fourth-order valence-electron chi connectivity index (χ4n) is 9.54. The molecule has 3 heterocycles. The molecule has 7 aromatic rings. The SMILES string of the molecule is c1ccc(COC[C@H]2O[C@@H](SC3=NCCS3)[C@H](OCc3ccccc3)[C@@H](OCc3ccccc3)[C@@H]2O[C@@H]2O[C@H](COCc3ccccc3)[C@@H](OCc3ccccc3)[C@H](OCc3ccccc3)[C@H]2OCc2ccccc2)cc1. The summed E-state index contributed by atoms with van der Waals surface area (Å²) < 4.78 is 72.1. The lowest BCUT2D eigenvalue weighted by molar-refractivity contribution is -0.359. The second kappa shape index (κ2) is 29.5. The zero-order valence-corrected chi connectivity index (χ0v) is 44.7. The van der Waals surface area contributed by atoms with Gasteiger partial charge in [0, 0.05) is 5.75 Å². The molecule has 7 aromatic carbocycles. The third-order valence-electron chi connectivity index (χ3n) is 13.5. The van der Waals surface area contributed by atoms with E-state index < -0.39 is 60.6 Å². The molecule has 0 N–H and O–H groups in total. The predicted octanol–water partition coefficient (Wildman–Crippen LogP) is 12.0. The third kappa shape index (κ3) is 16.3. The van der Waals surface area contributed by atoms with Crippen LogP contribution in [0.1, 0.15) is 38.9 Å². The lowest BCUT2D eigenvalue weighted by Crippen LogP contribution is -2.66. The minimum Gasteiger partial charge on any atom is -0.374 e. The van der Waals surface area contributed by atoms with E-state index in [0.29, 0.717) is 26.4 Å². The Bertz CT molecular complexity index is 2770. The van der Waals surface area contributed by atoms with E-state index in [-0.39, 0.29) is 33.0 Å². The average molecular weight is 1070 g/mol. The summed E-state index contributed by atoms with van der Waals surface area (Å²) >= 11 is 3.29. The summed E-state index contributed by atoms with van der Waals surface area (Å²) in [4.78, 5) is 4.87. The van der Waals surface area contributed by atoms with E-state index in [1.807, 2.05) is 140 Å². The number of ether oxygens (including phenoxy) is 10. The van der Waals surface area contributed by atoms with Gasteiger partial charge >= 0.3 is 0 Å². The van der Waals surface area contributed by atoms with Gasteiger partial charge in [-0.2, -0.15) is 0 Å². The monoisotopic (exact) mass is 1070 g/mol. The number of nitrogens with zero attached hydrogens (tertiary/aromatic N) is 1. The minimum atomic E-state index is -1.08. The van der Waals surface area contributed by atoms with Gasteiger partial charge in [0.15, 0.2) is 6.29 Å². The van der Waals surface area contributed by atoms with Crippen molar-refractivity contribution in [3.8, 4) is 0 Å². The molecule has 3 aliphatic heterocycles. The normalized spacial score (nSPS) is 24.3. The molecule has 2 fully saturated rings. The lowest BCUT2D eigenvalue weighted by atomic mass is 9.96. The molecule has 77 heavy (non-hydrogen) atoms. The average Bonchev–Trinajstić information content (AvgIpc) is 4.02. The summed E-state index contributed by atoms with van der Waals surface area (Å²) in [6.07, 6.45) is -6.98. The molecular formula is C64H67NO10S2. The van der Waals surface area contributed by atoms with Crippen LogP contribution in [-0.4, -0.2) is 90.4 Å². The Kier molecular flexibility index (Phi) is 21.0. The van der Waals surface area contributed by atoms with E-state index >= 15 is 0 Å². The lowest BCUT2D eigenvalue weighted by Gasteiger charge is -2.50. The van der Waals surface area contributed by atoms with E-state index in [4.69, 9.17) is 52.4 Å². The molecule has 0 amide bonds. The largest absolute Gasteiger partial charge is 0.374 e. The van der Waals surface area contributed by atoms with Gasteiger partial charge in [-0.05, 0) is 38.9 Å². The zero-order chi connectivity index (χ0) is 52.1. The highest BCUT2D eigenvalue weighted by atomic mass is 32.2. The Morgan fingerprint density at radius 2 is 0.714 bits per heavy atom. The molecule has 400 valence electrons. The van der Waals surface area contributed by atoms with E-state index in [1.54, 1.807) is 23.5 Å². The summed E-state index contributed by atoms with van der Waals surface area (Å²) in [6.45, 7) is 3.15. The first-order valence-electron chi connectivity index (χ1n) is 26.5. The molecule has 0 aliphatic carbocycles. The first kappa shape index (κ1) is 54.8. The van der Waals surface area contributed by atoms with Crippen molar-refractivity contribution in [1.29, 1.82) is 0 Å².